The molecule has 0 amide bonds. The third-order valence-electron chi connectivity index (χ3n) is 8.34. The van der Waals surface area contributed by atoms with Crippen LogP contribution in [0.1, 0.15) is 84.4 Å². The number of aliphatic hydroxyl groups is 1. The molecule has 6 atom stereocenters. The van der Waals surface area contributed by atoms with Gasteiger partial charge < -0.3 is 34.1 Å². The van der Waals surface area contributed by atoms with E-state index in [2.05, 4.69) is 12.2 Å². The van der Waals surface area contributed by atoms with Crippen LogP contribution in [0.4, 0.5) is 5.69 Å². The van der Waals surface area contributed by atoms with E-state index in [1.165, 1.54) is 45.0 Å². The zero-order valence-electron chi connectivity index (χ0n) is 27.6. The number of rotatable bonds is 8. The number of aliphatic hydroxyl groups excluding tert-OH is 1. The maximum Gasteiger partial charge on any atom is 0.308 e. The third kappa shape index (κ3) is 7.82. The maximum atomic E-state index is 12.9. The van der Waals surface area contributed by atoms with Gasteiger partial charge in [-0.3, -0.25) is 24.0 Å². The minimum Gasteiger partial charge on any atom is -0.462 e. The van der Waals surface area contributed by atoms with Gasteiger partial charge in [0, 0.05) is 51.4 Å². The van der Waals surface area contributed by atoms with E-state index in [0.717, 1.165) is 26.7 Å². The van der Waals surface area contributed by atoms with Crippen molar-refractivity contribution in [2.45, 2.75) is 91.8 Å². The fourth-order valence-electron chi connectivity index (χ4n) is 6.59. The Hall–Kier alpha value is -4.71. The van der Waals surface area contributed by atoms with E-state index < -0.39 is 41.8 Å². The van der Waals surface area contributed by atoms with E-state index in [0.29, 0.717) is 12.0 Å². The Kier molecular flexibility index (Phi) is 10.4. The summed E-state index contributed by atoms with van der Waals surface area (Å²) in [6.07, 6.45) is 2.65. The smallest absolute Gasteiger partial charge is 0.308 e. The van der Waals surface area contributed by atoms with Crippen LogP contribution in [0.25, 0.3) is 6.08 Å². The quantitative estimate of drug-likeness (QED) is 0.228. The van der Waals surface area contributed by atoms with Crippen LogP contribution in [-0.2, 0) is 43.8 Å². The van der Waals surface area contributed by atoms with Crippen LogP contribution in [0.15, 0.2) is 42.5 Å². The van der Waals surface area contributed by atoms with E-state index in [4.69, 9.17) is 23.7 Å². The number of carbonyl (C=O) groups excluding carboxylic acids is 5. The van der Waals surface area contributed by atoms with E-state index in [9.17, 15) is 29.1 Å². The zero-order valence-corrected chi connectivity index (χ0v) is 27.6. The van der Waals surface area contributed by atoms with Gasteiger partial charge in [-0.2, -0.15) is 0 Å². The van der Waals surface area contributed by atoms with Crippen molar-refractivity contribution in [3.8, 4) is 11.5 Å². The topological polar surface area (TPSA) is 164 Å². The van der Waals surface area contributed by atoms with Crippen molar-refractivity contribution in [2.24, 2.45) is 11.3 Å². The van der Waals surface area contributed by atoms with Crippen LogP contribution in [0.5, 0.6) is 11.5 Å². The molecule has 4 rings (SSSR count). The van der Waals surface area contributed by atoms with E-state index in [1.807, 2.05) is 19.1 Å². The predicted molar refractivity (Wildman–Crippen MR) is 169 cm³/mol. The number of benzene rings is 2. The molecule has 1 heterocycles. The van der Waals surface area contributed by atoms with Crippen LogP contribution < -0.4 is 14.8 Å². The minimum absolute atomic E-state index is 0.0124. The van der Waals surface area contributed by atoms with Crippen LogP contribution in [-0.4, -0.2) is 53.4 Å². The summed E-state index contributed by atoms with van der Waals surface area (Å²) in [4.78, 5) is 61.1. The normalized spacial score (nSPS) is 26.7. The first-order valence-electron chi connectivity index (χ1n) is 15.4. The molecule has 2 N–H and O–H groups in total. The molecule has 12 heteroatoms. The first kappa shape index (κ1) is 35.1. The van der Waals surface area contributed by atoms with Gasteiger partial charge in [0.1, 0.15) is 17.6 Å². The summed E-state index contributed by atoms with van der Waals surface area (Å²) < 4.78 is 28.2. The second-order valence-corrected chi connectivity index (χ2v) is 12.4. The highest BCUT2D eigenvalue weighted by molar-refractivity contribution is 5.80. The fraction of sp³-hybridized carbons (Fsp3) is 0.457. The van der Waals surface area contributed by atoms with Crippen LogP contribution >= 0.6 is 0 Å². The number of esters is 5. The molecule has 1 aliphatic carbocycles. The van der Waals surface area contributed by atoms with Crippen molar-refractivity contribution in [1.29, 1.82) is 0 Å². The third-order valence-corrected chi connectivity index (χ3v) is 8.34. The molecule has 2 aromatic rings. The number of ether oxygens (including phenoxy) is 5. The van der Waals surface area contributed by atoms with Gasteiger partial charge in [-0.05, 0) is 54.9 Å². The van der Waals surface area contributed by atoms with Gasteiger partial charge in [0.05, 0.1) is 5.56 Å². The summed E-state index contributed by atoms with van der Waals surface area (Å²) in [5.74, 6) is -2.80. The molecule has 0 radical (unpaired) electrons. The summed E-state index contributed by atoms with van der Waals surface area (Å²) in [7, 11) is 0. The summed E-state index contributed by atoms with van der Waals surface area (Å²) in [6, 6.07) is 9.27. The van der Waals surface area contributed by atoms with Crippen molar-refractivity contribution in [3.05, 3.63) is 59.2 Å². The number of allylic oxidation sites excluding steroid dienone is 1. The minimum atomic E-state index is -2.04. The number of nitrogens with one attached hydrogen (secondary N) is 1. The Morgan fingerprint density at radius 2 is 1.49 bits per heavy atom. The molecule has 12 nitrogen and oxygen atoms in total. The Morgan fingerprint density at radius 3 is 2.04 bits per heavy atom. The number of hydrogen-bond donors (Lipinski definition) is 2. The number of carbonyl (C=O) groups is 5. The lowest BCUT2D eigenvalue weighted by atomic mass is 9.69. The van der Waals surface area contributed by atoms with Gasteiger partial charge in [0.2, 0.25) is 5.60 Å². The SMILES string of the molecule is CC(=O)Oc1ccc([C@]2(OC(C)=O)c3c(ccc(/C=C/[C@]4(C)CC[C@H](OC(C)=O)[C@@H](C)C4)c3OC(C)=O)NC(O)[C@H]2OC(C)=O)cc1. The summed E-state index contributed by atoms with van der Waals surface area (Å²) in [5, 5.41) is 14.2. The van der Waals surface area contributed by atoms with Crippen molar-refractivity contribution in [1.82, 2.24) is 0 Å². The Morgan fingerprint density at radius 1 is 0.851 bits per heavy atom. The number of fused-ring (bicyclic) bond motifs is 1. The predicted octanol–water partition coefficient (Wildman–Crippen LogP) is 4.79. The van der Waals surface area contributed by atoms with E-state index in [1.54, 1.807) is 12.1 Å². The molecule has 1 saturated carbocycles. The highest BCUT2D eigenvalue weighted by atomic mass is 16.6. The van der Waals surface area contributed by atoms with Crippen molar-refractivity contribution < 1.29 is 52.8 Å². The highest BCUT2D eigenvalue weighted by Crippen LogP contribution is 2.52. The molecule has 0 spiro atoms. The van der Waals surface area contributed by atoms with Crippen molar-refractivity contribution in [2.75, 3.05) is 5.32 Å². The average molecular weight is 652 g/mol. The summed E-state index contributed by atoms with van der Waals surface area (Å²) in [6.45, 7) is 10.3. The molecule has 0 saturated heterocycles. The zero-order chi connectivity index (χ0) is 34.7. The molecule has 1 fully saturated rings. The first-order valence-corrected chi connectivity index (χ1v) is 15.4. The molecule has 252 valence electrons. The van der Waals surface area contributed by atoms with E-state index >= 15 is 0 Å². The highest BCUT2D eigenvalue weighted by Gasteiger charge is 2.57. The van der Waals surface area contributed by atoms with Gasteiger partial charge in [0.15, 0.2) is 12.3 Å². The van der Waals surface area contributed by atoms with Gasteiger partial charge >= 0.3 is 29.8 Å². The van der Waals surface area contributed by atoms with Gasteiger partial charge in [-0.25, -0.2) is 0 Å². The van der Waals surface area contributed by atoms with Crippen molar-refractivity contribution in [3.63, 3.8) is 0 Å². The second-order valence-electron chi connectivity index (χ2n) is 12.4. The Balaban J connectivity index is 1.94. The second kappa shape index (κ2) is 14.0. The van der Waals surface area contributed by atoms with Gasteiger partial charge in [-0.1, -0.05) is 38.1 Å². The van der Waals surface area contributed by atoms with Crippen molar-refractivity contribution >= 4 is 41.6 Å². The largest absolute Gasteiger partial charge is 0.462 e. The molecule has 1 unspecified atom stereocenters. The molecule has 0 aromatic heterocycles. The molecule has 2 aromatic carbocycles. The van der Waals surface area contributed by atoms with Gasteiger partial charge in [0.25, 0.3) is 0 Å². The maximum absolute atomic E-state index is 12.9. The van der Waals surface area contributed by atoms with E-state index in [-0.39, 0.29) is 51.7 Å². The Labute approximate surface area is 273 Å². The first-order chi connectivity index (χ1) is 22.0. The Bertz CT molecular complexity index is 1580. The van der Waals surface area contributed by atoms with Gasteiger partial charge in [-0.15, -0.1) is 0 Å². The number of hydrogen-bond acceptors (Lipinski definition) is 12. The summed E-state index contributed by atoms with van der Waals surface area (Å²) >= 11 is 0. The average Bonchev–Trinajstić information content (AvgIpc) is 2.95. The number of anilines is 1. The standard InChI is InChI=1S/C35H41NO11/c1-19-18-34(7,17-15-29(19)44-21(3)38)16-14-25-8-13-28-30(31(25)45-22(4)39)35(47-24(6)41,32(33(42)36-28)46-23(5)40)26-9-11-27(12-10-26)43-20(2)37/h8-14,16,19,29,32-33,36,42H,15,17-18H2,1-7H3/b16-14+/t19-,29-,32+,33?,34+,35-/m0/s1. The molecular weight excluding hydrogens is 610 g/mol. The summed E-state index contributed by atoms with van der Waals surface area (Å²) in [5.41, 5.74) is -1.28. The molecule has 1 aliphatic heterocycles. The lowest BCUT2D eigenvalue weighted by Crippen LogP contribution is -2.58. The molecule has 0 bridgehead atoms. The lowest BCUT2D eigenvalue weighted by Gasteiger charge is -2.46. The molecule has 47 heavy (non-hydrogen) atoms. The lowest BCUT2D eigenvalue weighted by molar-refractivity contribution is -0.191. The van der Waals surface area contributed by atoms with Crippen LogP contribution in [0.2, 0.25) is 0 Å². The molecule has 2 aliphatic rings. The molecular formula is C35H41NO11. The van der Waals surface area contributed by atoms with Crippen LogP contribution in [0.3, 0.4) is 0 Å². The monoisotopic (exact) mass is 651 g/mol. The van der Waals surface area contributed by atoms with Crippen LogP contribution in [0, 0.1) is 11.3 Å². The fourth-order valence-corrected chi connectivity index (χ4v) is 6.59.